The molecule has 0 unspecified atom stereocenters. The Kier molecular flexibility index (Phi) is 5.19. The molecule has 3 aromatic rings. The highest BCUT2D eigenvalue weighted by Crippen LogP contribution is 2.39. The van der Waals surface area contributed by atoms with Crippen LogP contribution < -0.4 is 5.73 Å². The molecule has 0 aliphatic carbocycles. The van der Waals surface area contributed by atoms with E-state index in [1.165, 1.54) is 22.3 Å². The molecule has 0 radical (unpaired) electrons. The largest absolute Gasteiger partial charge is 0.353 e. The van der Waals surface area contributed by atoms with Crippen molar-refractivity contribution in [3.8, 4) is 11.3 Å². The highest BCUT2D eigenvalue weighted by molar-refractivity contribution is 6.40. The number of fused-ring (bicyclic) bond motifs is 1. The van der Waals surface area contributed by atoms with Crippen LogP contribution in [0.4, 0.5) is 0 Å². The third kappa shape index (κ3) is 3.19. The number of benzene rings is 2. The lowest BCUT2D eigenvalue weighted by Crippen LogP contribution is -1.99. The highest BCUT2D eigenvalue weighted by atomic mass is 35.5. The van der Waals surface area contributed by atoms with Crippen molar-refractivity contribution >= 4 is 34.1 Å². The number of aromatic nitrogens is 1. The first kappa shape index (κ1) is 17.3. The van der Waals surface area contributed by atoms with Gasteiger partial charge in [-0.3, -0.25) is 0 Å². The molecule has 4 heteroatoms. The van der Waals surface area contributed by atoms with Crippen LogP contribution in [0, 0.1) is 13.8 Å². The van der Waals surface area contributed by atoms with E-state index in [0.717, 1.165) is 40.9 Å². The van der Waals surface area contributed by atoms with Crippen molar-refractivity contribution in [3.05, 3.63) is 57.1 Å². The summed E-state index contributed by atoms with van der Waals surface area (Å²) in [5.41, 5.74) is 12.6. The average Bonchev–Trinajstić information content (AvgIpc) is 2.92. The summed E-state index contributed by atoms with van der Waals surface area (Å²) < 4.78 is 0. The van der Waals surface area contributed by atoms with Crippen LogP contribution in [0.2, 0.25) is 10.0 Å². The van der Waals surface area contributed by atoms with Gasteiger partial charge >= 0.3 is 0 Å². The van der Waals surface area contributed by atoms with Gasteiger partial charge in [0.05, 0.1) is 21.3 Å². The van der Waals surface area contributed by atoms with Crippen LogP contribution in [-0.4, -0.2) is 11.5 Å². The van der Waals surface area contributed by atoms with Crippen molar-refractivity contribution in [1.82, 2.24) is 4.98 Å². The van der Waals surface area contributed by atoms with Gasteiger partial charge in [0, 0.05) is 10.9 Å². The lowest BCUT2D eigenvalue weighted by molar-refractivity contribution is 0.748. The molecule has 0 fully saturated rings. The van der Waals surface area contributed by atoms with Crippen molar-refractivity contribution in [2.24, 2.45) is 5.73 Å². The summed E-state index contributed by atoms with van der Waals surface area (Å²) in [6.07, 6.45) is 2.96. The van der Waals surface area contributed by atoms with E-state index in [9.17, 15) is 0 Å². The number of unbranched alkanes of at least 4 members (excludes halogenated alkanes) is 1. The number of nitrogens with one attached hydrogen (secondary N) is 1. The van der Waals surface area contributed by atoms with Crippen LogP contribution in [0.5, 0.6) is 0 Å². The molecule has 0 spiro atoms. The number of H-pyrrole nitrogens is 1. The van der Waals surface area contributed by atoms with E-state index in [1.807, 2.05) is 12.1 Å². The molecular formula is C20H22Cl2N2. The zero-order valence-electron chi connectivity index (χ0n) is 14.0. The van der Waals surface area contributed by atoms with Crippen molar-refractivity contribution in [2.45, 2.75) is 33.1 Å². The van der Waals surface area contributed by atoms with E-state index in [1.54, 1.807) is 0 Å². The minimum atomic E-state index is 0.700. The molecular weight excluding hydrogens is 339 g/mol. The van der Waals surface area contributed by atoms with E-state index in [4.69, 9.17) is 28.9 Å². The van der Waals surface area contributed by atoms with Crippen molar-refractivity contribution in [3.63, 3.8) is 0 Å². The maximum absolute atomic E-state index is 6.51. The number of nitrogens with two attached hydrogens (primary N) is 1. The van der Waals surface area contributed by atoms with Crippen molar-refractivity contribution in [1.29, 1.82) is 0 Å². The number of rotatable bonds is 5. The average molecular weight is 361 g/mol. The smallest absolute Gasteiger partial charge is 0.0666 e. The molecule has 0 amide bonds. The number of aromatic amines is 1. The summed E-state index contributed by atoms with van der Waals surface area (Å²) in [6, 6.07) is 10.2. The molecule has 0 aliphatic rings. The van der Waals surface area contributed by atoms with Crippen LogP contribution in [0.3, 0.4) is 0 Å². The van der Waals surface area contributed by atoms with Gasteiger partial charge in [-0.15, -0.1) is 0 Å². The number of hydrogen-bond donors (Lipinski definition) is 2. The molecule has 1 aromatic heterocycles. The van der Waals surface area contributed by atoms with Gasteiger partial charge in [-0.25, -0.2) is 0 Å². The first-order valence-corrected chi connectivity index (χ1v) is 9.04. The summed E-state index contributed by atoms with van der Waals surface area (Å²) in [5.74, 6) is 0. The summed E-state index contributed by atoms with van der Waals surface area (Å²) in [4.78, 5) is 3.53. The molecule has 0 atom stereocenters. The van der Waals surface area contributed by atoms with Crippen LogP contribution in [-0.2, 0) is 6.42 Å². The molecule has 0 saturated carbocycles. The Labute approximate surface area is 153 Å². The fraction of sp³-hybridized carbons (Fsp3) is 0.300. The molecule has 0 saturated heterocycles. The Hall–Kier alpha value is -1.48. The predicted octanol–water partition coefficient (Wildman–Crippen LogP) is 6.04. The van der Waals surface area contributed by atoms with E-state index in [2.05, 4.69) is 37.0 Å². The third-order valence-electron chi connectivity index (χ3n) is 4.49. The Balaban J connectivity index is 2.24. The first-order chi connectivity index (χ1) is 11.5. The van der Waals surface area contributed by atoms with Gasteiger partial charge in [-0.2, -0.15) is 0 Å². The fourth-order valence-corrected chi connectivity index (χ4v) is 3.79. The number of hydrogen-bond acceptors (Lipinski definition) is 1. The van der Waals surface area contributed by atoms with E-state index < -0.39 is 0 Å². The zero-order chi connectivity index (χ0) is 17.3. The molecule has 2 nitrogen and oxygen atoms in total. The molecule has 1 heterocycles. The summed E-state index contributed by atoms with van der Waals surface area (Å²) in [6.45, 7) is 4.95. The van der Waals surface area contributed by atoms with Gasteiger partial charge < -0.3 is 10.7 Å². The predicted molar refractivity (Wildman–Crippen MR) is 105 cm³/mol. The molecule has 0 aliphatic heterocycles. The monoisotopic (exact) mass is 360 g/mol. The topological polar surface area (TPSA) is 41.8 Å². The Morgan fingerprint density at radius 2 is 1.75 bits per heavy atom. The second kappa shape index (κ2) is 7.18. The maximum atomic E-state index is 6.51. The molecule has 3 N–H and O–H groups in total. The lowest BCUT2D eigenvalue weighted by Gasteiger charge is -2.09. The first-order valence-electron chi connectivity index (χ1n) is 8.29. The van der Waals surface area contributed by atoms with Crippen LogP contribution in [0.15, 0.2) is 30.3 Å². The minimum absolute atomic E-state index is 0.700. The molecule has 24 heavy (non-hydrogen) atoms. The van der Waals surface area contributed by atoms with Gasteiger partial charge in [0.15, 0.2) is 0 Å². The van der Waals surface area contributed by atoms with Crippen LogP contribution in [0.25, 0.3) is 22.2 Å². The molecule has 0 bridgehead atoms. The Bertz CT molecular complexity index is 881. The normalized spacial score (nSPS) is 11.4. The Morgan fingerprint density at radius 3 is 2.46 bits per heavy atom. The third-order valence-corrected chi connectivity index (χ3v) is 5.12. The number of aryl methyl sites for hydroxylation is 3. The van der Waals surface area contributed by atoms with Gasteiger partial charge in [-0.05, 0) is 62.9 Å². The van der Waals surface area contributed by atoms with Gasteiger partial charge in [-0.1, -0.05) is 47.0 Å². The molecule has 126 valence electrons. The molecule has 3 rings (SSSR count). The summed E-state index contributed by atoms with van der Waals surface area (Å²) in [7, 11) is 0. The van der Waals surface area contributed by atoms with Crippen molar-refractivity contribution in [2.75, 3.05) is 6.54 Å². The second-order valence-electron chi connectivity index (χ2n) is 6.32. The summed E-state index contributed by atoms with van der Waals surface area (Å²) >= 11 is 12.9. The SMILES string of the molecule is Cc1ccc(-c2[nH]c3c(Cl)ccc(Cl)c3c2CCCCN)c(C)c1. The molecule has 2 aromatic carbocycles. The minimum Gasteiger partial charge on any atom is -0.353 e. The summed E-state index contributed by atoms with van der Waals surface area (Å²) in [5, 5.41) is 2.48. The van der Waals surface area contributed by atoms with Crippen LogP contribution in [0.1, 0.15) is 29.5 Å². The number of halogens is 2. The van der Waals surface area contributed by atoms with Gasteiger partial charge in [0.1, 0.15) is 0 Å². The van der Waals surface area contributed by atoms with Gasteiger partial charge in [0.2, 0.25) is 0 Å². The van der Waals surface area contributed by atoms with Gasteiger partial charge in [0.25, 0.3) is 0 Å². The van der Waals surface area contributed by atoms with Crippen LogP contribution >= 0.6 is 23.2 Å². The standard InChI is InChI=1S/C20H22Cl2N2/c1-12-6-7-14(13(2)11-12)19-15(5-3-4-10-23)18-16(21)8-9-17(22)20(18)24-19/h6-9,11,24H,3-5,10,23H2,1-2H3. The van der Waals surface area contributed by atoms with Crippen molar-refractivity contribution < 1.29 is 0 Å². The lowest BCUT2D eigenvalue weighted by atomic mass is 9.96. The Morgan fingerprint density at radius 1 is 1.00 bits per heavy atom. The van der Waals surface area contributed by atoms with E-state index >= 15 is 0 Å². The van der Waals surface area contributed by atoms with E-state index in [0.29, 0.717) is 11.6 Å². The fourth-order valence-electron chi connectivity index (χ4n) is 3.31. The maximum Gasteiger partial charge on any atom is 0.0666 e. The second-order valence-corrected chi connectivity index (χ2v) is 7.14. The quantitative estimate of drug-likeness (QED) is 0.535. The highest BCUT2D eigenvalue weighted by Gasteiger charge is 2.18. The van der Waals surface area contributed by atoms with E-state index in [-0.39, 0.29) is 0 Å². The zero-order valence-corrected chi connectivity index (χ0v) is 15.6.